The molecule has 0 aliphatic carbocycles. The predicted molar refractivity (Wildman–Crippen MR) is 108 cm³/mol. The van der Waals surface area contributed by atoms with E-state index in [9.17, 15) is 14.9 Å². The van der Waals surface area contributed by atoms with Crippen LogP contribution in [0.15, 0.2) is 66.7 Å². The van der Waals surface area contributed by atoms with Gasteiger partial charge in [0.1, 0.15) is 12.4 Å². The number of amides is 1. The quantitative estimate of drug-likeness (QED) is 0.447. The number of hydrogen-bond acceptors (Lipinski definition) is 4. The number of non-ortho nitro benzene ring substituents is 1. The van der Waals surface area contributed by atoms with Crippen LogP contribution in [0.1, 0.15) is 21.5 Å². The fourth-order valence-corrected chi connectivity index (χ4v) is 2.76. The second-order valence-corrected chi connectivity index (χ2v) is 6.56. The van der Waals surface area contributed by atoms with Crippen molar-refractivity contribution in [3.63, 3.8) is 0 Å². The van der Waals surface area contributed by atoms with Gasteiger partial charge in [0.15, 0.2) is 0 Å². The zero-order valence-electron chi connectivity index (χ0n) is 15.0. The van der Waals surface area contributed by atoms with E-state index in [2.05, 4.69) is 5.32 Å². The van der Waals surface area contributed by atoms with Crippen molar-refractivity contribution in [3.05, 3.63) is 98.6 Å². The summed E-state index contributed by atoms with van der Waals surface area (Å²) < 4.78 is 5.80. The Morgan fingerprint density at radius 3 is 2.57 bits per heavy atom. The molecule has 0 aromatic heterocycles. The lowest BCUT2D eigenvalue weighted by Crippen LogP contribution is -2.14. The average Bonchev–Trinajstić information content (AvgIpc) is 2.69. The number of carbonyl (C=O) groups is 1. The zero-order chi connectivity index (χ0) is 20.1. The highest BCUT2D eigenvalue weighted by atomic mass is 35.5. The number of nitrogens with one attached hydrogen (secondary N) is 1. The molecule has 0 atom stereocenters. The first-order chi connectivity index (χ1) is 13.4. The average molecular weight is 397 g/mol. The number of nitro benzene ring substituents is 1. The Balaban J connectivity index is 1.84. The fourth-order valence-electron chi connectivity index (χ4n) is 2.59. The number of aryl methyl sites for hydroxylation is 1. The fraction of sp³-hybridized carbons (Fsp3) is 0.0952. The van der Waals surface area contributed by atoms with Crippen molar-refractivity contribution in [1.82, 2.24) is 0 Å². The molecule has 0 saturated carbocycles. The molecule has 142 valence electrons. The minimum Gasteiger partial charge on any atom is -0.488 e. The largest absolute Gasteiger partial charge is 0.488 e. The third kappa shape index (κ3) is 4.66. The number of benzene rings is 3. The molecule has 0 aliphatic heterocycles. The van der Waals surface area contributed by atoms with Crippen LogP contribution in [0.3, 0.4) is 0 Å². The van der Waals surface area contributed by atoms with E-state index >= 15 is 0 Å². The van der Waals surface area contributed by atoms with Gasteiger partial charge >= 0.3 is 0 Å². The van der Waals surface area contributed by atoms with E-state index in [0.717, 1.165) is 5.56 Å². The summed E-state index contributed by atoms with van der Waals surface area (Å²) in [5, 5.41) is 14.1. The van der Waals surface area contributed by atoms with E-state index in [4.69, 9.17) is 16.3 Å². The second-order valence-electron chi connectivity index (χ2n) is 6.13. The summed E-state index contributed by atoms with van der Waals surface area (Å²) in [6.45, 7) is 2.04. The Labute approximate surface area is 166 Å². The standard InChI is InChI=1S/C21H17ClN2O4/c1-14-7-9-17(24(26)27)12-19(14)23-21(25)18-11-16(22)8-10-20(18)28-13-15-5-3-2-4-6-15/h2-12H,13H2,1H3,(H,23,25). The van der Waals surface area contributed by atoms with Gasteiger partial charge in [-0.3, -0.25) is 14.9 Å². The van der Waals surface area contributed by atoms with Gasteiger partial charge in [0.05, 0.1) is 16.2 Å². The van der Waals surface area contributed by atoms with Crippen molar-refractivity contribution in [2.45, 2.75) is 13.5 Å². The van der Waals surface area contributed by atoms with Crippen molar-refractivity contribution in [1.29, 1.82) is 0 Å². The minimum atomic E-state index is -0.511. The third-order valence-electron chi connectivity index (χ3n) is 4.10. The molecule has 0 heterocycles. The van der Waals surface area contributed by atoms with Crippen molar-refractivity contribution in [2.75, 3.05) is 5.32 Å². The van der Waals surface area contributed by atoms with E-state index in [1.54, 1.807) is 25.1 Å². The maximum Gasteiger partial charge on any atom is 0.271 e. The van der Waals surface area contributed by atoms with Crippen molar-refractivity contribution >= 4 is 28.9 Å². The summed E-state index contributed by atoms with van der Waals surface area (Å²) in [6.07, 6.45) is 0. The number of rotatable bonds is 6. The number of halogens is 1. The summed E-state index contributed by atoms with van der Waals surface area (Å²) in [4.78, 5) is 23.3. The lowest BCUT2D eigenvalue weighted by Gasteiger charge is -2.13. The van der Waals surface area contributed by atoms with Gasteiger partial charge < -0.3 is 10.1 Å². The number of nitrogens with zero attached hydrogens (tertiary/aromatic N) is 1. The first-order valence-corrected chi connectivity index (χ1v) is 8.84. The molecule has 7 heteroatoms. The highest BCUT2D eigenvalue weighted by Crippen LogP contribution is 2.27. The Hall–Kier alpha value is -3.38. The maximum atomic E-state index is 12.8. The van der Waals surface area contributed by atoms with E-state index in [0.29, 0.717) is 28.6 Å². The Bertz CT molecular complexity index is 1020. The van der Waals surface area contributed by atoms with Gasteiger partial charge in [0.25, 0.3) is 11.6 Å². The molecule has 0 aliphatic rings. The number of hydrogen-bond donors (Lipinski definition) is 1. The van der Waals surface area contributed by atoms with Crippen LogP contribution >= 0.6 is 11.6 Å². The van der Waals surface area contributed by atoms with Crippen LogP contribution < -0.4 is 10.1 Å². The van der Waals surface area contributed by atoms with Crippen molar-refractivity contribution in [3.8, 4) is 5.75 Å². The molecule has 1 amide bonds. The summed E-state index contributed by atoms with van der Waals surface area (Å²) in [5.74, 6) is -0.0944. The SMILES string of the molecule is Cc1ccc([N+](=O)[O-])cc1NC(=O)c1cc(Cl)ccc1OCc1ccccc1. The van der Waals surface area contributed by atoms with Gasteiger partial charge in [-0.1, -0.05) is 48.0 Å². The van der Waals surface area contributed by atoms with Crippen molar-refractivity contribution in [2.24, 2.45) is 0 Å². The highest BCUT2D eigenvalue weighted by molar-refractivity contribution is 6.31. The molecule has 0 fully saturated rings. The normalized spacial score (nSPS) is 10.4. The smallest absolute Gasteiger partial charge is 0.271 e. The van der Waals surface area contributed by atoms with Gasteiger partial charge in [-0.15, -0.1) is 0 Å². The molecule has 3 rings (SSSR count). The van der Waals surface area contributed by atoms with Gasteiger partial charge in [0, 0.05) is 17.2 Å². The van der Waals surface area contributed by atoms with Crippen LogP contribution in [0.25, 0.3) is 0 Å². The van der Waals surface area contributed by atoms with E-state index in [-0.39, 0.29) is 11.3 Å². The highest BCUT2D eigenvalue weighted by Gasteiger charge is 2.17. The molecule has 28 heavy (non-hydrogen) atoms. The molecule has 0 unspecified atom stereocenters. The molecular weight excluding hydrogens is 380 g/mol. The van der Waals surface area contributed by atoms with E-state index in [1.165, 1.54) is 18.2 Å². The predicted octanol–water partition coefficient (Wildman–Crippen LogP) is 5.39. The summed E-state index contributed by atoms with van der Waals surface area (Å²) in [7, 11) is 0. The maximum absolute atomic E-state index is 12.8. The monoisotopic (exact) mass is 396 g/mol. The molecule has 0 saturated heterocycles. The number of nitro groups is 1. The molecule has 0 spiro atoms. The molecule has 3 aromatic carbocycles. The molecular formula is C21H17ClN2O4. The Morgan fingerprint density at radius 2 is 1.86 bits per heavy atom. The molecule has 6 nitrogen and oxygen atoms in total. The first-order valence-electron chi connectivity index (χ1n) is 8.46. The summed E-state index contributed by atoms with van der Waals surface area (Å²) >= 11 is 6.05. The van der Waals surface area contributed by atoms with E-state index < -0.39 is 10.8 Å². The van der Waals surface area contributed by atoms with E-state index in [1.807, 2.05) is 30.3 Å². The van der Waals surface area contributed by atoms with Gasteiger partial charge in [0.2, 0.25) is 0 Å². The zero-order valence-corrected chi connectivity index (χ0v) is 15.8. The second kappa shape index (κ2) is 8.54. The topological polar surface area (TPSA) is 81.5 Å². The van der Waals surface area contributed by atoms with Crippen molar-refractivity contribution < 1.29 is 14.5 Å². The van der Waals surface area contributed by atoms with Crippen LogP contribution in [-0.4, -0.2) is 10.8 Å². The van der Waals surface area contributed by atoms with Crippen LogP contribution in [0, 0.1) is 17.0 Å². The first kappa shape index (κ1) is 19.4. The van der Waals surface area contributed by atoms with Gasteiger partial charge in [-0.25, -0.2) is 0 Å². The third-order valence-corrected chi connectivity index (χ3v) is 4.34. The van der Waals surface area contributed by atoms with Gasteiger partial charge in [-0.2, -0.15) is 0 Å². The summed E-state index contributed by atoms with van der Waals surface area (Å²) in [6, 6.07) is 18.6. The minimum absolute atomic E-state index is 0.104. The van der Waals surface area contributed by atoms with Crippen LogP contribution in [-0.2, 0) is 6.61 Å². The molecule has 0 bridgehead atoms. The molecule has 1 N–H and O–H groups in total. The van der Waals surface area contributed by atoms with Gasteiger partial charge in [-0.05, 0) is 36.2 Å². The number of carbonyl (C=O) groups excluding carboxylic acids is 1. The number of anilines is 1. The lowest BCUT2D eigenvalue weighted by molar-refractivity contribution is -0.384. The van der Waals surface area contributed by atoms with Crippen LogP contribution in [0.5, 0.6) is 5.75 Å². The number of ether oxygens (including phenoxy) is 1. The Morgan fingerprint density at radius 1 is 1.11 bits per heavy atom. The molecule has 3 aromatic rings. The lowest BCUT2D eigenvalue weighted by atomic mass is 10.1. The Kier molecular flexibility index (Phi) is 5.91. The van der Waals surface area contributed by atoms with Crippen LogP contribution in [0.2, 0.25) is 5.02 Å². The summed E-state index contributed by atoms with van der Waals surface area (Å²) in [5.41, 5.74) is 2.15. The molecule has 0 radical (unpaired) electrons. The van der Waals surface area contributed by atoms with Crippen LogP contribution in [0.4, 0.5) is 11.4 Å².